The van der Waals surface area contributed by atoms with Gasteiger partial charge in [0.25, 0.3) is 0 Å². The number of fused-ring (bicyclic) bond motifs is 2. The molecule has 0 nitrogen and oxygen atoms in total. The predicted molar refractivity (Wildman–Crippen MR) is 63.9 cm³/mol. The maximum absolute atomic E-state index is 2.37. The van der Waals surface area contributed by atoms with Crippen LogP contribution < -0.4 is 0 Å². The van der Waals surface area contributed by atoms with Crippen molar-refractivity contribution in [2.45, 2.75) is 19.8 Å². The molecule has 3 rings (SSSR count). The number of hydrogen-bond acceptors (Lipinski definition) is 1. The third kappa shape index (κ3) is 1.20. The zero-order valence-electron chi connectivity index (χ0n) is 8.21. The normalized spacial score (nSPS) is 14.6. The molecule has 0 radical (unpaired) electrons. The molecule has 0 saturated heterocycles. The minimum Gasteiger partial charge on any atom is -0.141 e. The van der Waals surface area contributed by atoms with Gasteiger partial charge in [-0.05, 0) is 54.5 Å². The fraction of sp³-hybridized carbons (Fsp3) is 0.231. The summed E-state index contributed by atoms with van der Waals surface area (Å²) in [7, 11) is 0. The quantitative estimate of drug-likeness (QED) is 0.598. The van der Waals surface area contributed by atoms with Gasteiger partial charge >= 0.3 is 0 Å². The Labute approximate surface area is 87.9 Å². The number of allylic oxidation sites excluding steroid dienone is 1. The molecule has 0 unspecified atom stereocenters. The second-order valence-electron chi connectivity index (χ2n) is 3.89. The van der Waals surface area contributed by atoms with Crippen molar-refractivity contribution in [1.29, 1.82) is 0 Å². The minimum absolute atomic E-state index is 1.20. The number of hydrogen-bond donors (Lipinski definition) is 0. The molecule has 0 bridgehead atoms. The van der Waals surface area contributed by atoms with E-state index in [4.69, 9.17) is 0 Å². The lowest BCUT2D eigenvalue weighted by Crippen LogP contribution is -1.92. The second kappa shape index (κ2) is 2.96. The molecule has 0 fully saturated rings. The van der Waals surface area contributed by atoms with E-state index in [1.165, 1.54) is 38.9 Å². The number of rotatable bonds is 0. The van der Waals surface area contributed by atoms with Crippen molar-refractivity contribution in [2.24, 2.45) is 0 Å². The van der Waals surface area contributed by atoms with Crippen LogP contribution in [-0.4, -0.2) is 0 Å². The summed E-state index contributed by atoms with van der Waals surface area (Å²) < 4.78 is 1.44. The summed E-state index contributed by atoms with van der Waals surface area (Å²) >= 11 is 1.90. The predicted octanol–water partition coefficient (Wildman–Crippen LogP) is 4.17. The summed E-state index contributed by atoms with van der Waals surface area (Å²) in [6.45, 7) is 2.18. The van der Waals surface area contributed by atoms with Crippen molar-refractivity contribution < 1.29 is 0 Å². The summed E-state index contributed by atoms with van der Waals surface area (Å²) in [4.78, 5) is 1.41. The Bertz CT molecular complexity index is 517. The number of aryl methyl sites for hydroxylation is 2. The molecule has 2 aromatic rings. The van der Waals surface area contributed by atoms with Crippen LogP contribution in [0.5, 0.6) is 0 Å². The standard InChI is InChI=1S/C13H12S/c1-9-6-12-7-10-4-2-3-5-11(10)8-13(12)14-9/h2,4,6-8H,3,5H2,1H3. The molecule has 0 saturated carbocycles. The molecule has 0 aliphatic heterocycles. The molecule has 0 amide bonds. The highest BCUT2D eigenvalue weighted by molar-refractivity contribution is 7.19. The highest BCUT2D eigenvalue weighted by Gasteiger charge is 2.07. The van der Waals surface area contributed by atoms with Gasteiger partial charge < -0.3 is 0 Å². The van der Waals surface area contributed by atoms with Gasteiger partial charge in [-0.3, -0.25) is 0 Å². The fourth-order valence-electron chi connectivity index (χ4n) is 2.10. The molecule has 1 heteroatoms. The Balaban J connectivity index is 2.33. The number of thiophene rings is 1. The Hall–Kier alpha value is -1.08. The lowest BCUT2D eigenvalue weighted by molar-refractivity contribution is 0.989. The molecule has 0 atom stereocenters. The molecule has 14 heavy (non-hydrogen) atoms. The monoisotopic (exact) mass is 200 g/mol. The van der Waals surface area contributed by atoms with Gasteiger partial charge in [0.1, 0.15) is 0 Å². The summed E-state index contributed by atoms with van der Waals surface area (Å²) in [5.41, 5.74) is 2.93. The van der Waals surface area contributed by atoms with Gasteiger partial charge in [0, 0.05) is 9.58 Å². The molecular weight excluding hydrogens is 188 g/mol. The first-order chi connectivity index (χ1) is 6.83. The van der Waals surface area contributed by atoms with Crippen molar-refractivity contribution in [3.05, 3.63) is 40.3 Å². The zero-order valence-corrected chi connectivity index (χ0v) is 9.03. The van der Waals surface area contributed by atoms with E-state index < -0.39 is 0 Å². The molecule has 1 heterocycles. The van der Waals surface area contributed by atoms with Crippen LogP contribution in [0, 0.1) is 6.92 Å². The minimum atomic E-state index is 1.20. The van der Waals surface area contributed by atoms with E-state index in [2.05, 4.69) is 37.3 Å². The first kappa shape index (κ1) is 8.25. The highest BCUT2D eigenvalue weighted by Crippen LogP contribution is 2.30. The lowest BCUT2D eigenvalue weighted by atomic mass is 9.96. The summed E-state index contributed by atoms with van der Waals surface area (Å²) in [5.74, 6) is 0. The van der Waals surface area contributed by atoms with Crippen LogP contribution in [0.3, 0.4) is 0 Å². The maximum Gasteiger partial charge on any atom is 0.0348 e. The maximum atomic E-state index is 2.37. The summed E-state index contributed by atoms with van der Waals surface area (Å²) in [6.07, 6.45) is 6.93. The van der Waals surface area contributed by atoms with Crippen molar-refractivity contribution in [1.82, 2.24) is 0 Å². The Morgan fingerprint density at radius 2 is 2.14 bits per heavy atom. The Morgan fingerprint density at radius 1 is 1.21 bits per heavy atom. The van der Waals surface area contributed by atoms with E-state index in [-0.39, 0.29) is 0 Å². The van der Waals surface area contributed by atoms with Crippen LogP contribution in [0.1, 0.15) is 22.4 Å². The van der Waals surface area contributed by atoms with Gasteiger partial charge in [0.05, 0.1) is 0 Å². The van der Waals surface area contributed by atoms with E-state index in [0.29, 0.717) is 0 Å². The van der Waals surface area contributed by atoms with E-state index >= 15 is 0 Å². The second-order valence-corrected chi connectivity index (χ2v) is 5.17. The smallest absolute Gasteiger partial charge is 0.0348 e. The van der Waals surface area contributed by atoms with Gasteiger partial charge in [-0.2, -0.15) is 0 Å². The van der Waals surface area contributed by atoms with E-state index in [1.54, 1.807) is 0 Å². The van der Waals surface area contributed by atoms with Gasteiger partial charge in [-0.25, -0.2) is 0 Å². The van der Waals surface area contributed by atoms with Gasteiger partial charge in [0.2, 0.25) is 0 Å². The van der Waals surface area contributed by atoms with E-state index in [1.807, 2.05) is 11.3 Å². The van der Waals surface area contributed by atoms with Gasteiger partial charge in [-0.15, -0.1) is 11.3 Å². The summed E-state index contributed by atoms with van der Waals surface area (Å²) in [6, 6.07) is 6.97. The molecule has 0 spiro atoms. The van der Waals surface area contributed by atoms with E-state index in [9.17, 15) is 0 Å². The van der Waals surface area contributed by atoms with Crippen molar-refractivity contribution in [2.75, 3.05) is 0 Å². The third-order valence-corrected chi connectivity index (χ3v) is 3.79. The topological polar surface area (TPSA) is 0 Å². The lowest BCUT2D eigenvalue weighted by Gasteiger charge is -2.09. The molecule has 1 aromatic heterocycles. The zero-order chi connectivity index (χ0) is 9.54. The van der Waals surface area contributed by atoms with Crippen LogP contribution in [0.2, 0.25) is 0 Å². The van der Waals surface area contributed by atoms with Crippen LogP contribution in [0.25, 0.3) is 16.2 Å². The first-order valence-electron chi connectivity index (χ1n) is 5.02. The van der Waals surface area contributed by atoms with Gasteiger partial charge in [0.15, 0.2) is 0 Å². The molecule has 1 aliphatic rings. The molecule has 70 valence electrons. The Morgan fingerprint density at radius 3 is 3.07 bits per heavy atom. The molecule has 1 aromatic carbocycles. The number of benzene rings is 1. The molecule has 0 N–H and O–H groups in total. The summed E-state index contributed by atoms with van der Waals surface area (Å²) in [5, 5.41) is 1.40. The van der Waals surface area contributed by atoms with Crippen molar-refractivity contribution in [3.8, 4) is 0 Å². The van der Waals surface area contributed by atoms with Crippen LogP contribution >= 0.6 is 11.3 Å². The van der Waals surface area contributed by atoms with Crippen molar-refractivity contribution in [3.63, 3.8) is 0 Å². The average Bonchev–Trinajstić information content (AvgIpc) is 2.53. The SMILES string of the molecule is Cc1cc2cc3c(cc2s1)CCC=C3. The fourth-order valence-corrected chi connectivity index (χ4v) is 3.07. The van der Waals surface area contributed by atoms with Crippen LogP contribution in [0.4, 0.5) is 0 Å². The van der Waals surface area contributed by atoms with Crippen LogP contribution in [-0.2, 0) is 6.42 Å². The van der Waals surface area contributed by atoms with Crippen LogP contribution in [0.15, 0.2) is 24.3 Å². The molecule has 1 aliphatic carbocycles. The van der Waals surface area contributed by atoms with E-state index in [0.717, 1.165) is 0 Å². The van der Waals surface area contributed by atoms with Gasteiger partial charge in [-0.1, -0.05) is 12.2 Å². The average molecular weight is 200 g/mol. The third-order valence-electron chi connectivity index (χ3n) is 2.78. The highest BCUT2D eigenvalue weighted by atomic mass is 32.1. The first-order valence-corrected chi connectivity index (χ1v) is 5.84. The largest absolute Gasteiger partial charge is 0.141 e. The molecular formula is C13H12S. The van der Waals surface area contributed by atoms with Crippen molar-refractivity contribution >= 4 is 27.5 Å². The Kier molecular flexibility index (Phi) is 1.74.